The summed E-state index contributed by atoms with van der Waals surface area (Å²) in [6.07, 6.45) is 0.966. The molecule has 1 heterocycles. The van der Waals surface area contributed by atoms with Gasteiger partial charge in [-0.05, 0) is 12.8 Å². The molecule has 0 aromatic heterocycles. The van der Waals surface area contributed by atoms with Crippen LogP contribution in [0.3, 0.4) is 0 Å². The summed E-state index contributed by atoms with van der Waals surface area (Å²) >= 11 is 0. The fourth-order valence-electron chi connectivity index (χ4n) is 1.69. The quantitative estimate of drug-likeness (QED) is 0.700. The van der Waals surface area contributed by atoms with Gasteiger partial charge in [0.15, 0.2) is 9.84 Å². The second-order valence-electron chi connectivity index (χ2n) is 3.89. The summed E-state index contributed by atoms with van der Waals surface area (Å²) in [6, 6.07) is 0. The van der Waals surface area contributed by atoms with Crippen LogP contribution in [0.5, 0.6) is 0 Å². The molecular weight excluding hydrogens is 238 g/mol. The minimum absolute atomic E-state index is 0.00311. The molecule has 0 aliphatic carbocycles. The van der Waals surface area contributed by atoms with Crippen molar-refractivity contribution in [2.45, 2.75) is 25.0 Å². The molecule has 1 saturated heterocycles. The lowest BCUT2D eigenvalue weighted by atomic mass is 10.4. The monoisotopic (exact) mass is 255 g/mol. The highest BCUT2D eigenvalue weighted by molar-refractivity contribution is 7.95. The van der Waals surface area contributed by atoms with Gasteiger partial charge in [-0.2, -0.15) is 0 Å². The summed E-state index contributed by atoms with van der Waals surface area (Å²) < 4.78 is 47.4. The molecule has 0 saturated carbocycles. The van der Waals surface area contributed by atoms with Gasteiger partial charge in [-0.25, -0.2) is 21.1 Å². The Balaban J connectivity index is 2.81. The molecule has 1 atom stereocenters. The molecule has 0 amide bonds. The predicted octanol–water partition coefficient (Wildman–Crippen LogP) is -0.155. The van der Waals surface area contributed by atoms with E-state index < -0.39 is 25.1 Å². The van der Waals surface area contributed by atoms with Gasteiger partial charge in [0.05, 0.1) is 16.8 Å². The third-order valence-corrected chi connectivity index (χ3v) is 6.86. The standard InChI is InChI=1S/C8H17NO4S2/c1-3-5-9(2)15(12,13)8-4-6-14(10,11)7-8/h8H,3-7H2,1-2H3. The van der Waals surface area contributed by atoms with Gasteiger partial charge in [-0.15, -0.1) is 0 Å². The molecule has 0 aromatic carbocycles. The lowest BCUT2D eigenvalue weighted by molar-refractivity contribution is 0.459. The highest BCUT2D eigenvalue weighted by Crippen LogP contribution is 2.21. The van der Waals surface area contributed by atoms with Crippen molar-refractivity contribution in [1.82, 2.24) is 4.31 Å². The Labute approximate surface area is 91.4 Å². The van der Waals surface area contributed by atoms with Crippen molar-refractivity contribution in [3.05, 3.63) is 0 Å². The molecule has 1 fully saturated rings. The van der Waals surface area contributed by atoms with Crippen LogP contribution >= 0.6 is 0 Å². The van der Waals surface area contributed by atoms with Crippen LogP contribution in [0.4, 0.5) is 0 Å². The molecule has 0 bridgehead atoms. The first-order chi connectivity index (χ1) is 6.79. The highest BCUT2D eigenvalue weighted by Gasteiger charge is 2.38. The molecule has 0 N–H and O–H groups in total. The third kappa shape index (κ3) is 2.92. The summed E-state index contributed by atoms with van der Waals surface area (Å²) in [4.78, 5) is 0. The number of sulfone groups is 1. The third-order valence-electron chi connectivity index (χ3n) is 2.58. The van der Waals surface area contributed by atoms with Crippen molar-refractivity contribution in [3.63, 3.8) is 0 Å². The second-order valence-corrected chi connectivity index (χ2v) is 8.44. The van der Waals surface area contributed by atoms with Gasteiger partial charge in [0.2, 0.25) is 10.0 Å². The lowest BCUT2D eigenvalue weighted by Gasteiger charge is -2.19. The Morgan fingerprint density at radius 1 is 1.40 bits per heavy atom. The lowest BCUT2D eigenvalue weighted by Crippen LogP contribution is -2.37. The topological polar surface area (TPSA) is 71.5 Å². The Hall–Kier alpha value is -0.140. The first kappa shape index (κ1) is 12.9. The SMILES string of the molecule is CCCN(C)S(=O)(=O)C1CCS(=O)(=O)C1. The summed E-state index contributed by atoms with van der Waals surface area (Å²) in [7, 11) is -5.05. The average molecular weight is 255 g/mol. The molecule has 90 valence electrons. The maximum absolute atomic E-state index is 11.9. The Bertz CT molecular complexity index is 412. The van der Waals surface area contributed by atoms with Crippen LogP contribution in [-0.4, -0.2) is 51.5 Å². The van der Waals surface area contributed by atoms with E-state index in [9.17, 15) is 16.8 Å². The maximum Gasteiger partial charge on any atom is 0.217 e. The van der Waals surface area contributed by atoms with Gasteiger partial charge in [0.25, 0.3) is 0 Å². The molecule has 0 spiro atoms. The number of nitrogens with zero attached hydrogens (tertiary/aromatic N) is 1. The largest absolute Gasteiger partial charge is 0.229 e. The minimum Gasteiger partial charge on any atom is -0.229 e. The summed E-state index contributed by atoms with van der Waals surface area (Å²) in [5.41, 5.74) is 0. The van der Waals surface area contributed by atoms with Crippen molar-refractivity contribution in [2.75, 3.05) is 25.1 Å². The van der Waals surface area contributed by atoms with E-state index in [1.807, 2.05) is 6.92 Å². The number of rotatable bonds is 4. The van der Waals surface area contributed by atoms with Crippen LogP contribution in [0.1, 0.15) is 19.8 Å². The van der Waals surface area contributed by atoms with E-state index in [2.05, 4.69) is 0 Å². The normalized spacial score (nSPS) is 25.9. The van der Waals surface area contributed by atoms with Crippen LogP contribution in [0, 0.1) is 0 Å². The zero-order chi connectivity index (χ0) is 11.7. The highest BCUT2D eigenvalue weighted by atomic mass is 32.2. The van der Waals surface area contributed by atoms with Crippen molar-refractivity contribution in [3.8, 4) is 0 Å². The maximum atomic E-state index is 11.9. The molecule has 0 aromatic rings. The van der Waals surface area contributed by atoms with E-state index in [4.69, 9.17) is 0 Å². The van der Waals surface area contributed by atoms with Crippen LogP contribution in [0.15, 0.2) is 0 Å². The summed E-state index contributed by atoms with van der Waals surface area (Å²) in [5, 5.41) is -0.737. The molecule has 15 heavy (non-hydrogen) atoms. The second kappa shape index (κ2) is 4.39. The van der Waals surface area contributed by atoms with E-state index in [0.29, 0.717) is 6.54 Å². The Morgan fingerprint density at radius 2 is 2.00 bits per heavy atom. The molecule has 1 rings (SSSR count). The molecule has 7 heteroatoms. The molecular formula is C8H17NO4S2. The number of hydrogen-bond donors (Lipinski definition) is 0. The summed E-state index contributed by atoms with van der Waals surface area (Å²) in [5.74, 6) is -0.222. The Kier molecular flexibility index (Phi) is 3.78. The van der Waals surface area contributed by atoms with Crippen molar-refractivity contribution in [2.24, 2.45) is 0 Å². The van der Waals surface area contributed by atoms with E-state index >= 15 is 0 Å². The zero-order valence-corrected chi connectivity index (χ0v) is 10.6. The molecule has 0 radical (unpaired) electrons. The Morgan fingerprint density at radius 3 is 2.40 bits per heavy atom. The predicted molar refractivity (Wildman–Crippen MR) is 58.9 cm³/mol. The van der Waals surface area contributed by atoms with Crippen LogP contribution in [0.2, 0.25) is 0 Å². The van der Waals surface area contributed by atoms with Gasteiger partial charge in [0, 0.05) is 13.6 Å². The van der Waals surface area contributed by atoms with Gasteiger partial charge in [0.1, 0.15) is 0 Å². The van der Waals surface area contributed by atoms with Gasteiger partial charge >= 0.3 is 0 Å². The fraction of sp³-hybridized carbons (Fsp3) is 1.00. The van der Waals surface area contributed by atoms with Crippen molar-refractivity contribution >= 4 is 19.9 Å². The fourth-order valence-corrected chi connectivity index (χ4v) is 6.06. The molecule has 1 aliphatic heterocycles. The molecule has 1 unspecified atom stereocenters. The van der Waals surface area contributed by atoms with Crippen molar-refractivity contribution in [1.29, 1.82) is 0 Å². The van der Waals surface area contributed by atoms with Crippen LogP contribution in [-0.2, 0) is 19.9 Å². The van der Waals surface area contributed by atoms with E-state index in [0.717, 1.165) is 6.42 Å². The van der Waals surface area contributed by atoms with Crippen molar-refractivity contribution < 1.29 is 16.8 Å². The first-order valence-corrected chi connectivity index (χ1v) is 8.27. The van der Waals surface area contributed by atoms with Gasteiger partial charge in [-0.1, -0.05) is 6.92 Å². The average Bonchev–Trinajstić information content (AvgIpc) is 2.47. The van der Waals surface area contributed by atoms with E-state index in [1.54, 1.807) is 0 Å². The zero-order valence-electron chi connectivity index (χ0n) is 9.01. The first-order valence-electron chi connectivity index (χ1n) is 4.95. The smallest absolute Gasteiger partial charge is 0.217 e. The van der Waals surface area contributed by atoms with Crippen LogP contribution < -0.4 is 0 Å². The minimum atomic E-state index is -3.42. The molecule has 1 aliphatic rings. The number of hydrogen-bond acceptors (Lipinski definition) is 4. The summed E-state index contributed by atoms with van der Waals surface area (Å²) in [6.45, 7) is 2.33. The van der Waals surface area contributed by atoms with Crippen LogP contribution in [0.25, 0.3) is 0 Å². The number of sulfonamides is 1. The van der Waals surface area contributed by atoms with E-state index in [-0.39, 0.29) is 17.9 Å². The molecule has 5 nitrogen and oxygen atoms in total. The van der Waals surface area contributed by atoms with Gasteiger partial charge < -0.3 is 0 Å². The van der Waals surface area contributed by atoms with Gasteiger partial charge in [-0.3, -0.25) is 0 Å². The van der Waals surface area contributed by atoms with E-state index in [1.165, 1.54) is 11.4 Å².